The first-order chi connectivity index (χ1) is 10.3. The van der Waals surface area contributed by atoms with Gasteiger partial charge in [0, 0.05) is 6.21 Å². The topological polar surface area (TPSA) is 12.4 Å². The Hall–Kier alpha value is -1.11. The lowest BCUT2D eigenvalue weighted by atomic mass is 9.65. The van der Waals surface area contributed by atoms with Gasteiger partial charge in [-0.2, -0.15) is 0 Å². The van der Waals surface area contributed by atoms with Gasteiger partial charge in [0.25, 0.3) is 0 Å². The second-order valence-electron chi connectivity index (χ2n) is 6.70. The van der Waals surface area contributed by atoms with E-state index in [1.807, 2.05) is 13.1 Å². The maximum atomic E-state index is 4.71. The molecule has 3 unspecified atom stereocenters. The molecule has 22 heavy (non-hydrogen) atoms. The summed E-state index contributed by atoms with van der Waals surface area (Å²) in [4.78, 5) is 4.71. The van der Waals surface area contributed by atoms with Crippen LogP contribution in [0, 0.1) is 17.3 Å². The molecule has 0 saturated heterocycles. The highest BCUT2D eigenvalue weighted by atomic mass is 14.8. The zero-order valence-electron chi connectivity index (χ0n) is 16.2. The normalized spacial score (nSPS) is 26.8. The van der Waals surface area contributed by atoms with Crippen molar-refractivity contribution in [3.8, 4) is 0 Å². The molecule has 0 fully saturated rings. The summed E-state index contributed by atoms with van der Waals surface area (Å²) >= 11 is 0. The maximum Gasteiger partial charge on any atom is 0.0530 e. The average Bonchev–Trinajstić information content (AvgIpc) is 2.55. The van der Waals surface area contributed by atoms with Crippen LogP contribution < -0.4 is 0 Å². The van der Waals surface area contributed by atoms with E-state index in [9.17, 15) is 0 Å². The summed E-state index contributed by atoms with van der Waals surface area (Å²) in [6.45, 7) is 25.3. The molecule has 0 radical (unpaired) electrons. The highest BCUT2D eigenvalue weighted by molar-refractivity contribution is 5.73. The van der Waals surface area contributed by atoms with Crippen molar-refractivity contribution in [1.29, 1.82) is 0 Å². The Kier molecular flexibility index (Phi) is 13.1. The van der Waals surface area contributed by atoms with E-state index in [1.54, 1.807) is 11.6 Å². The Morgan fingerprint density at radius 3 is 2.23 bits per heavy atom. The minimum atomic E-state index is 0.308. The second-order valence-corrected chi connectivity index (χ2v) is 6.70. The number of aliphatic imine (C=N–C) groups is 1. The second kappa shape index (κ2) is 12.4. The maximum absolute atomic E-state index is 4.71. The van der Waals surface area contributed by atoms with Gasteiger partial charge in [0.05, 0.1) is 6.04 Å². The highest BCUT2D eigenvalue weighted by Crippen LogP contribution is 2.44. The fourth-order valence-electron chi connectivity index (χ4n) is 3.18. The van der Waals surface area contributed by atoms with Gasteiger partial charge in [-0.25, -0.2) is 0 Å². The molecule has 0 aromatic carbocycles. The van der Waals surface area contributed by atoms with E-state index < -0.39 is 0 Å². The summed E-state index contributed by atoms with van der Waals surface area (Å²) in [5.41, 5.74) is 1.89. The summed E-state index contributed by atoms with van der Waals surface area (Å²) in [5, 5.41) is 0. The summed E-state index contributed by atoms with van der Waals surface area (Å²) in [7, 11) is 0. The third-order valence-electron chi connectivity index (χ3n) is 4.48. The van der Waals surface area contributed by atoms with Gasteiger partial charge in [0.15, 0.2) is 0 Å². The molecule has 1 aliphatic rings. The molecule has 0 bridgehead atoms. The molecule has 0 saturated carbocycles. The molecule has 0 amide bonds. The van der Waals surface area contributed by atoms with Crippen molar-refractivity contribution in [2.24, 2.45) is 22.2 Å². The van der Waals surface area contributed by atoms with Crippen LogP contribution in [0.25, 0.3) is 0 Å². The number of rotatable bonds is 4. The van der Waals surface area contributed by atoms with Crippen molar-refractivity contribution in [2.75, 3.05) is 0 Å². The van der Waals surface area contributed by atoms with Crippen molar-refractivity contribution in [3.05, 3.63) is 37.5 Å². The molecule has 128 valence electrons. The first kappa shape index (κ1) is 23.2. The molecule has 0 aliphatic carbocycles. The number of hydrogen-bond donors (Lipinski definition) is 0. The first-order valence-corrected chi connectivity index (χ1v) is 8.62. The fraction of sp³-hybridized carbons (Fsp3) is 0.667. The van der Waals surface area contributed by atoms with E-state index in [-0.39, 0.29) is 0 Å². The molecule has 1 nitrogen and oxygen atoms in total. The number of allylic oxidation sites excluding steroid dienone is 3. The van der Waals surface area contributed by atoms with Gasteiger partial charge < -0.3 is 0 Å². The van der Waals surface area contributed by atoms with Crippen molar-refractivity contribution < 1.29 is 0 Å². The van der Waals surface area contributed by atoms with Crippen LogP contribution in [0.3, 0.4) is 0 Å². The smallest absolute Gasteiger partial charge is 0.0530 e. The van der Waals surface area contributed by atoms with Crippen LogP contribution >= 0.6 is 0 Å². The molecule has 1 aliphatic heterocycles. The van der Waals surface area contributed by atoms with Crippen LogP contribution in [-0.4, -0.2) is 12.3 Å². The Labute approximate surface area is 140 Å². The van der Waals surface area contributed by atoms with Crippen LogP contribution in [0.4, 0.5) is 0 Å². The van der Waals surface area contributed by atoms with Crippen molar-refractivity contribution in [1.82, 2.24) is 0 Å². The predicted octanol–water partition coefficient (Wildman–Crippen LogP) is 6.87. The Bertz CT molecular complexity index is 351. The summed E-state index contributed by atoms with van der Waals surface area (Å²) in [6.07, 6.45) is 9.76. The molecule has 0 N–H and O–H groups in total. The molecule has 3 atom stereocenters. The third-order valence-corrected chi connectivity index (χ3v) is 4.48. The largest absolute Gasteiger partial charge is 0.290 e. The Morgan fingerprint density at radius 1 is 1.32 bits per heavy atom. The summed E-state index contributed by atoms with van der Waals surface area (Å²) in [5.74, 6) is 1.38. The van der Waals surface area contributed by atoms with Crippen LogP contribution in [0.15, 0.2) is 42.5 Å². The van der Waals surface area contributed by atoms with E-state index in [1.165, 1.54) is 19.3 Å². The Balaban J connectivity index is 0. The minimum absolute atomic E-state index is 0.308. The summed E-state index contributed by atoms with van der Waals surface area (Å²) < 4.78 is 0. The molecule has 1 heterocycles. The fourth-order valence-corrected chi connectivity index (χ4v) is 3.18. The third kappa shape index (κ3) is 7.24. The quantitative estimate of drug-likeness (QED) is 0.502. The molecule has 0 aromatic heterocycles. The SMILES string of the molecule is C=C.C=CC.CCCC1=CC=NC(C)C(C)(CC(C)C)C1C. The highest BCUT2D eigenvalue weighted by Gasteiger charge is 2.39. The molecule has 0 spiro atoms. The zero-order valence-corrected chi connectivity index (χ0v) is 16.2. The lowest BCUT2D eigenvalue weighted by Gasteiger charge is -2.41. The average molecular weight is 306 g/mol. The van der Waals surface area contributed by atoms with Crippen LogP contribution in [0.2, 0.25) is 0 Å². The van der Waals surface area contributed by atoms with Crippen LogP contribution in [0.5, 0.6) is 0 Å². The van der Waals surface area contributed by atoms with Gasteiger partial charge >= 0.3 is 0 Å². The molecular weight excluding hydrogens is 266 g/mol. The van der Waals surface area contributed by atoms with Crippen molar-refractivity contribution >= 4 is 6.21 Å². The van der Waals surface area contributed by atoms with Gasteiger partial charge in [0.2, 0.25) is 0 Å². The first-order valence-electron chi connectivity index (χ1n) is 8.62. The monoisotopic (exact) mass is 305 g/mol. The van der Waals surface area contributed by atoms with Crippen molar-refractivity contribution in [3.63, 3.8) is 0 Å². The molecular formula is C21H39N. The van der Waals surface area contributed by atoms with Crippen molar-refractivity contribution in [2.45, 2.75) is 73.8 Å². The van der Waals surface area contributed by atoms with E-state index in [2.05, 4.69) is 67.4 Å². The predicted molar refractivity (Wildman–Crippen MR) is 105 cm³/mol. The van der Waals surface area contributed by atoms with Gasteiger partial charge in [-0.15, -0.1) is 19.7 Å². The van der Waals surface area contributed by atoms with E-state index in [0.717, 1.165) is 5.92 Å². The summed E-state index contributed by atoms with van der Waals surface area (Å²) in [6, 6.07) is 0.422. The zero-order chi connectivity index (χ0) is 17.8. The Morgan fingerprint density at radius 2 is 1.82 bits per heavy atom. The van der Waals surface area contributed by atoms with E-state index in [4.69, 9.17) is 4.99 Å². The number of nitrogens with zero attached hydrogens (tertiary/aromatic N) is 1. The van der Waals surface area contributed by atoms with Crippen LogP contribution in [-0.2, 0) is 0 Å². The molecule has 1 heteroatoms. The van der Waals surface area contributed by atoms with Gasteiger partial charge in [-0.3, -0.25) is 4.99 Å². The number of hydrogen-bond acceptors (Lipinski definition) is 1. The minimum Gasteiger partial charge on any atom is -0.290 e. The van der Waals surface area contributed by atoms with Gasteiger partial charge in [-0.05, 0) is 50.0 Å². The molecule has 1 rings (SSSR count). The van der Waals surface area contributed by atoms with Gasteiger partial charge in [0.1, 0.15) is 0 Å². The standard InChI is InChI=1S/C16H29N.C3H6.C2H4/c1-7-8-15-9-10-17-14(5)16(6,13(15)4)11-12(2)3;1-3-2;1-2/h9-10,12-14H,7-8,11H2,1-6H3;3H,1H2,2H3;1-2H2. The van der Waals surface area contributed by atoms with Crippen LogP contribution in [0.1, 0.15) is 67.7 Å². The lowest BCUT2D eigenvalue weighted by molar-refractivity contribution is 0.149. The van der Waals surface area contributed by atoms with E-state index in [0.29, 0.717) is 17.4 Å². The lowest BCUT2D eigenvalue weighted by Crippen LogP contribution is -2.37. The van der Waals surface area contributed by atoms with Gasteiger partial charge in [-0.1, -0.05) is 52.7 Å². The van der Waals surface area contributed by atoms with E-state index >= 15 is 0 Å². The molecule has 0 aromatic rings.